The third kappa shape index (κ3) is 4.15. The van der Waals surface area contributed by atoms with Gasteiger partial charge in [0.05, 0.1) is 12.0 Å². The van der Waals surface area contributed by atoms with E-state index in [0.717, 1.165) is 4.90 Å². The molecular formula is C16H15F2NO4. The highest BCUT2D eigenvalue weighted by Crippen LogP contribution is 2.28. The van der Waals surface area contributed by atoms with Gasteiger partial charge < -0.3 is 14.7 Å². The Balaban J connectivity index is 2.39. The van der Waals surface area contributed by atoms with Crippen molar-refractivity contribution in [1.82, 2.24) is 4.90 Å². The van der Waals surface area contributed by atoms with Gasteiger partial charge in [0, 0.05) is 13.6 Å². The summed E-state index contributed by atoms with van der Waals surface area (Å²) in [6, 6.07) is 9.81. The molecule has 0 aliphatic carbocycles. The maximum Gasteiger partial charge on any atom is 0.387 e. The molecule has 0 saturated carbocycles. The molecular weight excluding hydrogens is 308 g/mol. The number of halogens is 2. The lowest BCUT2D eigenvalue weighted by molar-refractivity contribution is -0.137. The van der Waals surface area contributed by atoms with Gasteiger partial charge in [-0.05, 0) is 22.9 Å². The minimum atomic E-state index is -3.06. The average Bonchev–Trinajstić information content (AvgIpc) is 2.50. The Bertz CT molecular complexity index is 733. The molecule has 0 aromatic heterocycles. The van der Waals surface area contributed by atoms with Crippen LogP contribution in [0.25, 0.3) is 10.8 Å². The number of fused-ring (bicyclic) bond motifs is 1. The van der Waals surface area contributed by atoms with E-state index in [1.807, 2.05) is 0 Å². The zero-order valence-electron chi connectivity index (χ0n) is 12.3. The number of aliphatic carboxylic acids is 1. The fourth-order valence-electron chi connectivity index (χ4n) is 2.15. The molecule has 2 rings (SSSR count). The van der Waals surface area contributed by atoms with Crippen LogP contribution in [0.3, 0.4) is 0 Å². The zero-order chi connectivity index (χ0) is 17.0. The number of carbonyl (C=O) groups is 2. The number of nitrogens with zero attached hydrogens (tertiary/aromatic N) is 1. The van der Waals surface area contributed by atoms with Crippen molar-refractivity contribution in [2.45, 2.75) is 13.0 Å². The average molecular weight is 323 g/mol. The second-order valence-corrected chi connectivity index (χ2v) is 4.94. The van der Waals surface area contributed by atoms with E-state index in [1.54, 1.807) is 24.3 Å². The van der Waals surface area contributed by atoms with Crippen LogP contribution in [0.1, 0.15) is 16.8 Å². The van der Waals surface area contributed by atoms with Crippen molar-refractivity contribution in [2.75, 3.05) is 13.6 Å². The molecule has 0 heterocycles. The summed E-state index contributed by atoms with van der Waals surface area (Å²) in [4.78, 5) is 24.2. The van der Waals surface area contributed by atoms with Gasteiger partial charge >= 0.3 is 12.6 Å². The van der Waals surface area contributed by atoms with Crippen molar-refractivity contribution >= 4 is 22.6 Å². The van der Waals surface area contributed by atoms with Crippen molar-refractivity contribution < 1.29 is 28.2 Å². The minimum Gasteiger partial charge on any atom is -0.481 e. The molecule has 122 valence electrons. The molecule has 0 atom stereocenters. The molecule has 7 heteroatoms. The first kappa shape index (κ1) is 16.7. The summed E-state index contributed by atoms with van der Waals surface area (Å²) in [5.74, 6) is -1.86. The van der Waals surface area contributed by atoms with E-state index in [1.165, 1.54) is 19.2 Å². The summed E-state index contributed by atoms with van der Waals surface area (Å²) in [7, 11) is 1.41. The Labute approximate surface area is 131 Å². The molecule has 0 bridgehead atoms. The van der Waals surface area contributed by atoms with Crippen LogP contribution in [0.5, 0.6) is 5.75 Å². The van der Waals surface area contributed by atoms with Crippen molar-refractivity contribution in [1.29, 1.82) is 0 Å². The summed E-state index contributed by atoms with van der Waals surface area (Å²) < 4.78 is 29.6. The van der Waals surface area contributed by atoms with Crippen LogP contribution in [0.15, 0.2) is 36.4 Å². The number of carbonyl (C=O) groups excluding carboxylic acids is 1. The second kappa shape index (κ2) is 7.04. The lowest BCUT2D eigenvalue weighted by Crippen LogP contribution is -2.29. The number of rotatable bonds is 6. The smallest absolute Gasteiger partial charge is 0.387 e. The van der Waals surface area contributed by atoms with Gasteiger partial charge in [-0.2, -0.15) is 8.78 Å². The van der Waals surface area contributed by atoms with Crippen molar-refractivity contribution in [3.63, 3.8) is 0 Å². The van der Waals surface area contributed by atoms with Crippen LogP contribution in [-0.4, -0.2) is 42.1 Å². The number of hydrogen-bond donors (Lipinski definition) is 1. The first-order valence-corrected chi connectivity index (χ1v) is 6.83. The molecule has 23 heavy (non-hydrogen) atoms. The first-order valence-electron chi connectivity index (χ1n) is 6.83. The molecule has 0 aliphatic rings. The van der Waals surface area contributed by atoms with E-state index in [9.17, 15) is 18.4 Å². The summed E-state index contributed by atoms with van der Waals surface area (Å²) in [5, 5.41) is 10.0. The number of amides is 1. The highest BCUT2D eigenvalue weighted by molar-refractivity contribution is 6.01. The van der Waals surface area contributed by atoms with Gasteiger partial charge in [0.2, 0.25) is 0 Å². The van der Waals surface area contributed by atoms with Gasteiger partial charge in [-0.25, -0.2) is 0 Å². The minimum absolute atomic E-state index is 0.0307. The van der Waals surface area contributed by atoms with Gasteiger partial charge in [-0.3, -0.25) is 9.59 Å². The van der Waals surface area contributed by atoms with Crippen LogP contribution in [0, 0.1) is 0 Å². The van der Waals surface area contributed by atoms with Crippen LogP contribution in [-0.2, 0) is 4.79 Å². The largest absolute Gasteiger partial charge is 0.481 e. The summed E-state index contributed by atoms with van der Waals surface area (Å²) in [6.45, 7) is -3.10. The topological polar surface area (TPSA) is 66.8 Å². The fraction of sp³-hybridized carbons (Fsp3) is 0.250. The summed E-state index contributed by atoms with van der Waals surface area (Å²) in [5.41, 5.74) is -0.0307. The van der Waals surface area contributed by atoms with E-state index in [0.29, 0.717) is 10.8 Å². The van der Waals surface area contributed by atoms with E-state index >= 15 is 0 Å². The molecule has 0 spiro atoms. The number of alkyl halides is 2. The van der Waals surface area contributed by atoms with E-state index in [-0.39, 0.29) is 24.3 Å². The van der Waals surface area contributed by atoms with Crippen molar-refractivity contribution in [3.8, 4) is 5.75 Å². The van der Waals surface area contributed by atoms with E-state index in [2.05, 4.69) is 4.74 Å². The number of carboxylic acids is 1. The Morgan fingerprint density at radius 2 is 1.83 bits per heavy atom. The molecule has 2 aromatic rings. The predicted octanol–water partition coefficient (Wildman–Crippen LogP) is 2.99. The quantitative estimate of drug-likeness (QED) is 0.887. The molecule has 1 amide bonds. The third-order valence-corrected chi connectivity index (χ3v) is 3.30. The number of carboxylic acid groups (broad SMARTS) is 1. The summed E-state index contributed by atoms with van der Waals surface area (Å²) >= 11 is 0. The maximum absolute atomic E-state index is 12.6. The Morgan fingerprint density at radius 1 is 1.22 bits per heavy atom. The molecule has 0 aliphatic heterocycles. The van der Waals surface area contributed by atoms with E-state index < -0.39 is 18.5 Å². The van der Waals surface area contributed by atoms with Crippen molar-refractivity contribution in [2.24, 2.45) is 0 Å². The monoisotopic (exact) mass is 323 g/mol. The predicted molar refractivity (Wildman–Crippen MR) is 79.8 cm³/mol. The van der Waals surface area contributed by atoms with Crippen LogP contribution in [0.4, 0.5) is 8.78 Å². The van der Waals surface area contributed by atoms with Gasteiger partial charge in [0.25, 0.3) is 5.91 Å². The normalized spacial score (nSPS) is 10.8. The van der Waals surface area contributed by atoms with Gasteiger partial charge in [0.15, 0.2) is 0 Å². The number of ether oxygens (including phenoxy) is 1. The lowest BCUT2D eigenvalue weighted by Gasteiger charge is -2.19. The van der Waals surface area contributed by atoms with Crippen LogP contribution >= 0.6 is 0 Å². The Kier molecular flexibility index (Phi) is 5.10. The fourth-order valence-corrected chi connectivity index (χ4v) is 2.15. The number of benzene rings is 2. The maximum atomic E-state index is 12.6. The molecule has 0 fully saturated rings. The molecule has 0 radical (unpaired) electrons. The van der Waals surface area contributed by atoms with E-state index in [4.69, 9.17) is 5.11 Å². The molecule has 2 aromatic carbocycles. The highest BCUT2D eigenvalue weighted by atomic mass is 19.3. The van der Waals surface area contributed by atoms with Gasteiger partial charge in [-0.15, -0.1) is 0 Å². The standard InChI is InChI=1S/C16H15F2NO4/c1-19(7-6-14(20)21)15(22)12-8-10-4-2-3-5-11(10)9-13(12)23-16(17)18/h2-5,8-9,16H,6-7H2,1H3,(H,20,21). The lowest BCUT2D eigenvalue weighted by atomic mass is 10.0. The van der Waals surface area contributed by atoms with Gasteiger partial charge in [-0.1, -0.05) is 24.3 Å². The molecule has 0 saturated heterocycles. The van der Waals surface area contributed by atoms with Crippen molar-refractivity contribution in [3.05, 3.63) is 42.0 Å². The van der Waals surface area contributed by atoms with Crippen LogP contribution in [0.2, 0.25) is 0 Å². The molecule has 1 N–H and O–H groups in total. The molecule has 5 nitrogen and oxygen atoms in total. The number of hydrogen-bond acceptors (Lipinski definition) is 3. The SMILES string of the molecule is CN(CCC(=O)O)C(=O)c1cc2ccccc2cc1OC(F)F. The zero-order valence-corrected chi connectivity index (χ0v) is 12.3. The molecule has 0 unspecified atom stereocenters. The summed E-state index contributed by atoms with van der Waals surface area (Å²) in [6.07, 6.45) is -0.235. The van der Waals surface area contributed by atoms with Gasteiger partial charge in [0.1, 0.15) is 5.75 Å². The Morgan fingerprint density at radius 3 is 2.39 bits per heavy atom. The highest BCUT2D eigenvalue weighted by Gasteiger charge is 2.20. The third-order valence-electron chi connectivity index (χ3n) is 3.30. The Hall–Kier alpha value is -2.70. The van der Waals surface area contributed by atoms with Crippen LogP contribution < -0.4 is 4.74 Å². The second-order valence-electron chi connectivity index (χ2n) is 4.94. The first-order chi connectivity index (χ1) is 10.9.